The van der Waals surface area contributed by atoms with Crippen LogP contribution in [0.2, 0.25) is 5.15 Å². The predicted octanol–water partition coefficient (Wildman–Crippen LogP) is 3.33. The van der Waals surface area contributed by atoms with Crippen LogP contribution in [0.3, 0.4) is 0 Å². The third-order valence-corrected chi connectivity index (χ3v) is 3.59. The Kier molecular flexibility index (Phi) is 2.98. The first kappa shape index (κ1) is 10.9. The zero-order valence-electron chi connectivity index (χ0n) is 9.26. The van der Waals surface area contributed by atoms with Gasteiger partial charge in [0.1, 0.15) is 5.15 Å². The van der Waals surface area contributed by atoms with E-state index in [9.17, 15) is 0 Å². The van der Waals surface area contributed by atoms with E-state index in [0.717, 1.165) is 5.56 Å². The Morgan fingerprint density at radius 3 is 2.80 bits per heavy atom. The maximum Gasteiger partial charge on any atom is 0.133 e. The van der Waals surface area contributed by atoms with Gasteiger partial charge in [0.15, 0.2) is 0 Å². The fourth-order valence-corrected chi connectivity index (χ4v) is 2.46. The summed E-state index contributed by atoms with van der Waals surface area (Å²) in [5.74, 6) is 0. The highest BCUT2D eigenvalue weighted by Crippen LogP contribution is 2.34. The van der Waals surface area contributed by atoms with Crippen LogP contribution >= 0.6 is 11.6 Å². The lowest BCUT2D eigenvalue weighted by Crippen LogP contribution is -2.49. The lowest BCUT2D eigenvalue weighted by atomic mass is 9.78. The minimum atomic E-state index is 0.275. The van der Waals surface area contributed by atoms with Crippen LogP contribution in [0.1, 0.15) is 44.7 Å². The van der Waals surface area contributed by atoms with E-state index in [-0.39, 0.29) is 6.04 Å². The van der Waals surface area contributed by atoms with E-state index in [2.05, 4.69) is 24.1 Å². The lowest BCUT2D eigenvalue weighted by Gasteiger charge is -2.41. The highest BCUT2D eigenvalue weighted by Gasteiger charge is 2.33. The molecular weight excluding hydrogens is 208 g/mol. The van der Waals surface area contributed by atoms with Crippen LogP contribution in [0, 0.1) is 0 Å². The summed E-state index contributed by atoms with van der Waals surface area (Å²) in [5.41, 5.74) is 1.39. The van der Waals surface area contributed by atoms with Gasteiger partial charge < -0.3 is 5.32 Å². The summed E-state index contributed by atoms with van der Waals surface area (Å²) < 4.78 is 0. The van der Waals surface area contributed by atoms with Crippen LogP contribution in [-0.2, 0) is 0 Å². The summed E-state index contributed by atoms with van der Waals surface area (Å²) in [4.78, 5) is 4.10. The average molecular weight is 225 g/mol. The number of hydrogen-bond donors (Lipinski definition) is 1. The maximum atomic E-state index is 6.06. The largest absolute Gasteiger partial charge is 0.305 e. The Morgan fingerprint density at radius 2 is 2.27 bits per heavy atom. The van der Waals surface area contributed by atoms with Gasteiger partial charge in [0.05, 0.1) is 0 Å². The van der Waals surface area contributed by atoms with Gasteiger partial charge >= 0.3 is 0 Å². The normalized spacial score (nSPS) is 20.7. The fraction of sp³-hybridized carbons (Fsp3) is 0.583. The molecule has 2 nitrogen and oxygen atoms in total. The number of aromatic nitrogens is 1. The van der Waals surface area contributed by atoms with Crippen LogP contribution in [0.5, 0.6) is 0 Å². The molecule has 1 heterocycles. The Balaban J connectivity index is 2.07. The Hall–Kier alpha value is -0.600. The molecule has 0 radical (unpaired) electrons. The zero-order chi connectivity index (χ0) is 10.9. The van der Waals surface area contributed by atoms with Crippen molar-refractivity contribution < 1.29 is 0 Å². The van der Waals surface area contributed by atoms with Gasteiger partial charge in [-0.3, -0.25) is 0 Å². The van der Waals surface area contributed by atoms with Gasteiger partial charge in [-0.2, -0.15) is 0 Å². The van der Waals surface area contributed by atoms with Crippen LogP contribution in [0.4, 0.5) is 0 Å². The van der Waals surface area contributed by atoms with Gasteiger partial charge in [0.2, 0.25) is 0 Å². The first-order valence-electron chi connectivity index (χ1n) is 5.49. The molecule has 0 aromatic carbocycles. The molecule has 1 N–H and O–H groups in total. The smallest absolute Gasteiger partial charge is 0.133 e. The van der Waals surface area contributed by atoms with E-state index in [0.29, 0.717) is 10.7 Å². The van der Waals surface area contributed by atoms with Crippen molar-refractivity contribution in [1.29, 1.82) is 0 Å². The lowest BCUT2D eigenvalue weighted by molar-refractivity contribution is 0.189. The number of nitrogens with zero attached hydrogens (tertiary/aromatic N) is 1. The van der Waals surface area contributed by atoms with Gasteiger partial charge in [-0.05, 0) is 39.2 Å². The van der Waals surface area contributed by atoms with Gasteiger partial charge in [-0.15, -0.1) is 0 Å². The molecule has 82 valence electrons. The van der Waals surface area contributed by atoms with E-state index < -0.39 is 0 Å². The number of nitrogens with one attached hydrogen (secondary N) is 1. The molecule has 1 aliphatic carbocycles. The fourth-order valence-electron chi connectivity index (χ4n) is 2.17. The predicted molar refractivity (Wildman–Crippen MR) is 63.1 cm³/mol. The van der Waals surface area contributed by atoms with Gasteiger partial charge in [-0.1, -0.05) is 17.7 Å². The Morgan fingerprint density at radius 1 is 1.53 bits per heavy atom. The molecule has 15 heavy (non-hydrogen) atoms. The molecule has 0 saturated heterocycles. The van der Waals surface area contributed by atoms with Crippen molar-refractivity contribution in [3.8, 4) is 0 Å². The standard InChI is InChI=1S/C12H17ClN2/c1-9(15-12(2)6-4-7-12)10-5-3-8-14-11(10)13/h3,5,8-9,15H,4,6-7H2,1-2H3. The first-order valence-corrected chi connectivity index (χ1v) is 5.87. The molecule has 3 heteroatoms. The van der Waals surface area contributed by atoms with Gasteiger partial charge in [0, 0.05) is 23.3 Å². The number of hydrogen-bond acceptors (Lipinski definition) is 2. The highest BCUT2D eigenvalue weighted by atomic mass is 35.5. The summed E-state index contributed by atoms with van der Waals surface area (Å²) in [6, 6.07) is 4.24. The van der Waals surface area contributed by atoms with E-state index in [1.165, 1.54) is 19.3 Å². The zero-order valence-corrected chi connectivity index (χ0v) is 10.0. The summed E-state index contributed by atoms with van der Waals surface area (Å²) in [6.45, 7) is 4.42. The molecule has 1 aromatic heterocycles. The van der Waals surface area contributed by atoms with Crippen LogP contribution in [0.25, 0.3) is 0 Å². The third-order valence-electron chi connectivity index (χ3n) is 3.28. The van der Waals surface area contributed by atoms with Crippen molar-refractivity contribution in [1.82, 2.24) is 10.3 Å². The summed E-state index contributed by atoms with van der Waals surface area (Å²) >= 11 is 6.06. The minimum absolute atomic E-state index is 0.275. The second-order valence-electron chi connectivity index (χ2n) is 4.66. The second kappa shape index (κ2) is 4.11. The quantitative estimate of drug-likeness (QED) is 0.797. The third kappa shape index (κ3) is 2.32. The molecular formula is C12H17ClN2. The van der Waals surface area contributed by atoms with Crippen LogP contribution in [0.15, 0.2) is 18.3 Å². The van der Waals surface area contributed by atoms with Gasteiger partial charge in [0.25, 0.3) is 0 Å². The molecule has 0 aliphatic heterocycles. The summed E-state index contributed by atoms with van der Waals surface area (Å²) in [6.07, 6.45) is 5.57. The summed E-state index contributed by atoms with van der Waals surface area (Å²) in [5, 5.41) is 4.24. The number of rotatable bonds is 3. The molecule has 1 fully saturated rings. The van der Waals surface area contributed by atoms with Crippen molar-refractivity contribution in [3.05, 3.63) is 29.0 Å². The van der Waals surface area contributed by atoms with E-state index >= 15 is 0 Å². The van der Waals surface area contributed by atoms with Gasteiger partial charge in [-0.25, -0.2) is 4.98 Å². The van der Waals surface area contributed by atoms with E-state index in [1.54, 1.807) is 6.20 Å². The van der Waals surface area contributed by atoms with Crippen LogP contribution in [-0.4, -0.2) is 10.5 Å². The molecule has 2 rings (SSSR count). The average Bonchev–Trinajstić information content (AvgIpc) is 2.16. The molecule has 0 bridgehead atoms. The van der Waals surface area contributed by atoms with Crippen molar-refractivity contribution >= 4 is 11.6 Å². The molecule has 0 amide bonds. The Labute approximate surface area is 96.1 Å². The van der Waals surface area contributed by atoms with E-state index in [1.807, 2.05) is 12.1 Å². The number of halogens is 1. The first-order chi connectivity index (χ1) is 7.11. The summed E-state index contributed by atoms with van der Waals surface area (Å²) in [7, 11) is 0. The van der Waals surface area contributed by atoms with Crippen molar-refractivity contribution in [2.75, 3.05) is 0 Å². The highest BCUT2D eigenvalue weighted by molar-refractivity contribution is 6.30. The maximum absolute atomic E-state index is 6.06. The van der Waals surface area contributed by atoms with Crippen molar-refractivity contribution in [3.63, 3.8) is 0 Å². The molecule has 1 atom stereocenters. The molecule has 0 spiro atoms. The molecule has 1 saturated carbocycles. The number of pyridine rings is 1. The Bertz CT molecular complexity index is 347. The van der Waals surface area contributed by atoms with E-state index in [4.69, 9.17) is 11.6 Å². The van der Waals surface area contributed by atoms with Crippen molar-refractivity contribution in [2.24, 2.45) is 0 Å². The molecule has 1 aromatic rings. The molecule has 1 aliphatic rings. The second-order valence-corrected chi connectivity index (χ2v) is 5.02. The minimum Gasteiger partial charge on any atom is -0.305 e. The monoisotopic (exact) mass is 224 g/mol. The SMILES string of the molecule is CC(NC1(C)CCC1)c1cccnc1Cl. The van der Waals surface area contributed by atoms with Crippen molar-refractivity contribution in [2.45, 2.75) is 44.7 Å². The topological polar surface area (TPSA) is 24.9 Å². The molecule has 1 unspecified atom stereocenters. The van der Waals surface area contributed by atoms with Crippen LogP contribution < -0.4 is 5.32 Å².